The van der Waals surface area contributed by atoms with Crippen molar-refractivity contribution in [1.29, 1.82) is 0 Å². The third kappa shape index (κ3) is 5.10. The Morgan fingerprint density at radius 1 is 0.246 bits per heavy atom. The second-order valence-corrected chi connectivity index (χ2v) is 16.0. The Bertz CT molecular complexity index is 3470. The minimum atomic E-state index is 1.15. The number of rotatable bonds is 5. The van der Waals surface area contributed by atoms with Gasteiger partial charge in [-0.3, -0.25) is 0 Å². The summed E-state index contributed by atoms with van der Waals surface area (Å²) >= 11 is 1.87. The lowest BCUT2D eigenvalue weighted by Gasteiger charge is -2.15. The molecule has 3 aromatic heterocycles. The first kappa shape index (κ1) is 32.1. The Balaban J connectivity index is 1.09. The van der Waals surface area contributed by atoms with Crippen molar-refractivity contribution in [2.75, 3.05) is 0 Å². The standard InChI is InChI=1S/C54H34N2S/c1-2-13-35(14-3-1)36-15-12-16-41(30-36)55-51-23-10-6-19-45(51)47-33-37(25-27-52(47)55)39-29-40(38-26-28-54-48(34-38)46-20-7-11-24-53(46)57-54)32-42(31-39)56-49-21-8-4-17-43(49)44-18-5-9-22-50(44)56/h1-34H. The maximum atomic E-state index is 2.44. The average molecular weight is 743 g/mol. The van der Waals surface area contributed by atoms with Gasteiger partial charge in [0.05, 0.1) is 22.1 Å². The molecule has 0 atom stereocenters. The van der Waals surface area contributed by atoms with E-state index in [-0.39, 0.29) is 0 Å². The number of thiophene rings is 1. The van der Waals surface area contributed by atoms with Crippen molar-refractivity contribution in [2.45, 2.75) is 0 Å². The summed E-state index contributed by atoms with van der Waals surface area (Å²) in [5.74, 6) is 0. The van der Waals surface area contributed by atoms with Crippen molar-refractivity contribution < 1.29 is 0 Å². The fourth-order valence-electron chi connectivity index (χ4n) is 9.07. The summed E-state index contributed by atoms with van der Waals surface area (Å²) in [7, 11) is 0. The third-order valence-electron chi connectivity index (χ3n) is 11.7. The van der Waals surface area contributed by atoms with E-state index in [1.807, 2.05) is 11.3 Å². The maximum Gasteiger partial charge on any atom is 0.0541 e. The number of para-hydroxylation sites is 3. The van der Waals surface area contributed by atoms with Crippen LogP contribution in [0.15, 0.2) is 206 Å². The highest BCUT2D eigenvalue weighted by molar-refractivity contribution is 7.25. The molecular formula is C54H34N2S. The highest BCUT2D eigenvalue weighted by Crippen LogP contribution is 2.41. The Labute approximate surface area is 333 Å². The predicted octanol–water partition coefficient (Wildman–Crippen LogP) is 15.2. The molecule has 266 valence electrons. The second kappa shape index (κ2) is 12.7. The van der Waals surface area contributed by atoms with Gasteiger partial charge in [-0.1, -0.05) is 127 Å². The molecular weight excluding hydrogens is 709 g/mol. The second-order valence-electron chi connectivity index (χ2n) is 14.9. The third-order valence-corrected chi connectivity index (χ3v) is 12.8. The molecule has 0 aliphatic rings. The van der Waals surface area contributed by atoms with Gasteiger partial charge in [0.25, 0.3) is 0 Å². The number of benzene rings is 9. The topological polar surface area (TPSA) is 9.86 Å². The minimum Gasteiger partial charge on any atom is -0.309 e. The van der Waals surface area contributed by atoms with Gasteiger partial charge in [-0.25, -0.2) is 0 Å². The molecule has 12 rings (SSSR count). The molecule has 0 aliphatic heterocycles. The molecule has 0 spiro atoms. The van der Waals surface area contributed by atoms with Crippen LogP contribution in [-0.4, -0.2) is 9.13 Å². The highest BCUT2D eigenvalue weighted by Gasteiger charge is 2.18. The fraction of sp³-hybridized carbons (Fsp3) is 0. The summed E-state index contributed by atoms with van der Waals surface area (Å²) < 4.78 is 7.50. The maximum absolute atomic E-state index is 2.44. The monoisotopic (exact) mass is 742 g/mol. The molecule has 0 saturated carbocycles. The minimum absolute atomic E-state index is 1.15. The van der Waals surface area contributed by atoms with E-state index in [0.717, 1.165) is 11.4 Å². The van der Waals surface area contributed by atoms with E-state index in [9.17, 15) is 0 Å². The van der Waals surface area contributed by atoms with Gasteiger partial charge in [0.1, 0.15) is 0 Å². The van der Waals surface area contributed by atoms with Gasteiger partial charge < -0.3 is 9.13 Å². The van der Waals surface area contributed by atoms with Crippen LogP contribution in [-0.2, 0) is 0 Å². The molecule has 0 radical (unpaired) electrons. The lowest BCUT2D eigenvalue weighted by atomic mass is 9.96. The molecule has 9 aromatic carbocycles. The number of aromatic nitrogens is 2. The van der Waals surface area contributed by atoms with Crippen LogP contribution in [0.3, 0.4) is 0 Å². The summed E-state index contributed by atoms with van der Waals surface area (Å²) in [4.78, 5) is 0. The Hall–Kier alpha value is -7.20. The van der Waals surface area contributed by atoms with Crippen molar-refractivity contribution in [1.82, 2.24) is 9.13 Å². The summed E-state index contributed by atoms with van der Waals surface area (Å²) in [6, 6.07) is 75.9. The van der Waals surface area contributed by atoms with Crippen LogP contribution in [0.1, 0.15) is 0 Å². The number of fused-ring (bicyclic) bond motifs is 9. The van der Waals surface area contributed by atoms with Crippen molar-refractivity contribution in [2.24, 2.45) is 0 Å². The molecule has 0 aliphatic carbocycles. The molecule has 0 unspecified atom stereocenters. The van der Waals surface area contributed by atoms with Crippen LogP contribution in [0.5, 0.6) is 0 Å². The first-order valence-corrected chi connectivity index (χ1v) is 20.3. The van der Waals surface area contributed by atoms with Gasteiger partial charge in [-0.05, 0) is 112 Å². The van der Waals surface area contributed by atoms with Crippen molar-refractivity contribution >= 4 is 75.1 Å². The summed E-state index contributed by atoms with van der Waals surface area (Å²) in [5, 5.41) is 7.63. The molecule has 0 bridgehead atoms. The molecule has 3 heterocycles. The number of nitrogens with zero attached hydrogens (tertiary/aromatic N) is 2. The first-order valence-electron chi connectivity index (χ1n) is 19.5. The molecule has 0 N–H and O–H groups in total. The van der Waals surface area contributed by atoms with Gasteiger partial charge in [0.15, 0.2) is 0 Å². The number of hydrogen-bond donors (Lipinski definition) is 0. The molecule has 0 amide bonds. The summed E-state index contributed by atoms with van der Waals surface area (Å²) in [5.41, 5.74) is 14.3. The normalized spacial score (nSPS) is 11.9. The van der Waals surface area contributed by atoms with Crippen molar-refractivity contribution in [3.05, 3.63) is 206 Å². The van der Waals surface area contributed by atoms with Crippen LogP contribution in [0.2, 0.25) is 0 Å². The van der Waals surface area contributed by atoms with E-state index in [1.54, 1.807) is 0 Å². The first-order chi connectivity index (χ1) is 28.2. The lowest BCUT2D eigenvalue weighted by Crippen LogP contribution is -1.96. The van der Waals surface area contributed by atoms with Crippen LogP contribution in [0.25, 0.3) is 109 Å². The summed E-state index contributed by atoms with van der Waals surface area (Å²) in [6.07, 6.45) is 0. The predicted molar refractivity (Wildman–Crippen MR) is 244 cm³/mol. The van der Waals surface area contributed by atoms with Crippen LogP contribution in [0.4, 0.5) is 0 Å². The fourth-order valence-corrected chi connectivity index (χ4v) is 10.2. The SMILES string of the molecule is c1ccc(-c2cccc(-n3c4ccccc4c4cc(-c5cc(-c6ccc7sc8ccccc8c7c6)cc(-n6c7ccccc7c7ccccc76)c5)ccc43)c2)cc1. The molecule has 0 saturated heterocycles. The lowest BCUT2D eigenvalue weighted by molar-refractivity contribution is 1.18. The zero-order chi connectivity index (χ0) is 37.5. The van der Waals surface area contributed by atoms with Crippen molar-refractivity contribution in [3.63, 3.8) is 0 Å². The zero-order valence-corrected chi connectivity index (χ0v) is 31.7. The van der Waals surface area contributed by atoms with Crippen molar-refractivity contribution in [3.8, 4) is 44.8 Å². The van der Waals surface area contributed by atoms with Crippen LogP contribution >= 0.6 is 11.3 Å². The highest BCUT2D eigenvalue weighted by atomic mass is 32.1. The van der Waals surface area contributed by atoms with E-state index in [2.05, 4.69) is 215 Å². The van der Waals surface area contributed by atoms with Gasteiger partial charge in [0.2, 0.25) is 0 Å². The van der Waals surface area contributed by atoms with Gasteiger partial charge in [0, 0.05) is 53.1 Å². The Kier molecular flexibility index (Phi) is 7.13. The van der Waals surface area contributed by atoms with E-state index in [1.165, 1.54) is 97.2 Å². The largest absolute Gasteiger partial charge is 0.309 e. The molecule has 3 heteroatoms. The molecule has 12 aromatic rings. The smallest absolute Gasteiger partial charge is 0.0541 e. The van der Waals surface area contributed by atoms with Gasteiger partial charge in [-0.2, -0.15) is 0 Å². The summed E-state index contributed by atoms with van der Waals surface area (Å²) in [6.45, 7) is 0. The molecule has 0 fully saturated rings. The quantitative estimate of drug-likeness (QED) is 0.166. The van der Waals surface area contributed by atoms with Crippen LogP contribution in [0, 0.1) is 0 Å². The van der Waals surface area contributed by atoms with E-state index in [4.69, 9.17) is 0 Å². The molecule has 57 heavy (non-hydrogen) atoms. The zero-order valence-electron chi connectivity index (χ0n) is 30.9. The van der Waals surface area contributed by atoms with E-state index >= 15 is 0 Å². The Morgan fingerprint density at radius 2 is 0.719 bits per heavy atom. The van der Waals surface area contributed by atoms with Crippen LogP contribution < -0.4 is 0 Å². The van der Waals surface area contributed by atoms with E-state index in [0.29, 0.717) is 0 Å². The average Bonchev–Trinajstić information content (AvgIpc) is 3.94. The molecule has 2 nitrogen and oxygen atoms in total. The number of hydrogen-bond acceptors (Lipinski definition) is 1. The van der Waals surface area contributed by atoms with E-state index < -0.39 is 0 Å². The Morgan fingerprint density at radius 3 is 1.42 bits per heavy atom. The van der Waals surface area contributed by atoms with Gasteiger partial charge in [-0.15, -0.1) is 11.3 Å². The van der Waals surface area contributed by atoms with Gasteiger partial charge >= 0.3 is 0 Å².